The van der Waals surface area contributed by atoms with Crippen LogP contribution in [-0.2, 0) is 14.6 Å². The van der Waals surface area contributed by atoms with E-state index in [2.05, 4.69) is 15.9 Å². The smallest absolute Gasteiger partial charge is 0.335 e. The van der Waals surface area contributed by atoms with Crippen molar-refractivity contribution in [3.05, 3.63) is 27.7 Å². The number of carbonyl (C=O) groups is 2. The average Bonchev–Trinajstić information content (AvgIpc) is 2.29. The van der Waals surface area contributed by atoms with Crippen LogP contribution in [0.4, 0.5) is 0 Å². The van der Waals surface area contributed by atoms with Gasteiger partial charge in [-0.1, -0.05) is 15.9 Å². The molecule has 0 aromatic heterocycles. The Bertz CT molecular complexity index is 639. The molecule has 1 amide bonds. The number of rotatable bonds is 5. The molecular formula is C11H12BrNO5S. The second kappa shape index (κ2) is 5.70. The Hall–Kier alpha value is -1.41. The van der Waals surface area contributed by atoms with Crippen LogP contribution in [-0.4, -0.2) is 31.2 Å². The van der Waals surface area contributed by atoms with Gasteiger partial charge in [0.25, 0.3) is 0 Å². The fourth-order valence-electron chi connectivity index (χ4n) is 1.45. The summed E-state index contributed by atoms with van der Waals surface area (Å²) in [5.74, 6) is -2.40. The highest BCUT2D eigenvalue weighted by atomic mass is 79.9. The molecule has 1 rings (SSSR count). The molecule has 0 aliphatic carbocycles. The first-order chi connectivity index (χ1) is 8.65. The summed E-state index contributed by atoms with van der Waals surface area (Å²) in [5.41, 5.74) is 5.17. The van der Waals surface area contributed by atoms with E-state index in [0.29, 0.717) is 10.0 Å². The van der Waals surface area contributed by atoms with Crippen molar-refractivity contribution in [2.24, 2.45) is 5.73 Å². The normalized spacial score (nSPS) is 11.3. The van der Waals surface area contributed by atoms with Gasteiger partial charge >= 0.3 is 5.97 Å². The van der Waals surface area contributed by atoms with Crippen LogP contribution in [0.5, 0.6) is 0 Å². The Kier molecular flexibility index (Phi) is 4.70. The monoisotopic (exact) mass is 349 g/mol. The minimum Gasteiger partial charge on any atom is -0.478 e. The van der Waals surface area contributed by atoms with Gasteiger partial charge < -0.3 is 10.8 Å². The van der Waals surface area contributed by atoms with Gasteiger partial charge in [0.1, 0.15) is 0 Å². The number of benzene rings is 1. The first-order valence-corrected chi connectivity index (χ1v) is 7.64. The third-order valence-electron chi connectivity index (χ3n) is 2.50. The Morgan fingerprint density at radius 2 is 1.95 bits per heavy atom. The minimum atomic E-state index is -3.76. The molecule has 6 nitrogen and oxygen atoms in total. The van der Waals surface area contributed by atoms with Gasteiger partial charge in [0.05, 0.1) is 16.2 Å². The molecule has 0 unspecified atom stereocenters. The lowest BCUT2D eigenvalue weighted by Gasteiger charge is -2.10. The van der Waals surface area contributed by atoms with Gasteiger partial charge in [0, 0.05) is 10.9 Å². The van der Waals surface area contributed by atoms with E-state index >= 15 is 0 Å². The van der Waals surface area contributed by atoms with E-state index in [9.17, 15) is 18.0 Å². The summed E-state index contributed by atoms with van der Waals surface area (Å²) >= 11 is 3.12. The molecule has 8 heteroatoms. The van der Waals surface area contributed by atoms with Crippen LogP contribution in [0.1, 0.15) is 22.3 Å². The fraction of sp³-hybridized carbons (Fsp3) is 0.273. The van der Waals surface area contributed by atoms with E-state index in [0.717, 1.165) is 6.07 Å². The highest BCUT2D eigenvalue weighted by molar-refractivity contribution is 9.10. The van der Waals surface area contributed by atoms with Crippen LogP contribution in [0.2, 0.25) is 0 Å². The second-order valence-corrected chi connectivity index (χ2v) is 6.85. The summed E-state index contributed by atoms with van der Waals surface area (Å²) in [6.45, 7) is 1.55. The molecule has 0 saturated carbocycles. The predicted octanol–water partition coefficient (Wildman–Crippen LogP) is 1.10. The highest BCUT2D eigenvalue weighted by Crippen LogP contribution is 2.27. The van der Waals surface area contributed by atoms with Crippen molar-refractivity contribution in [2.45, 2.75) is 18.2 Å². The van der Waals surface area contributed by atoms with E-state index in [1.165, 1.54) is 6.07 Å². The maximum atomic E-state index is 12.1. The Balaban J connectivity index is 3.33. The molecule has 0 fully saturated rings. The zero-order valence-corrected chi connectivity index (χ0v) is 12.4. The molecular weight excluding hydrogens is 338 g/mol. The number of nitrogens with two attached hydrogens (primary N) is 1. The van der Waals surface area contributed by atoms with Crippen LogP contribution < -0.4 is 5.73 Å². The van der Waals surface area contributed by atoms with Crippen molar-refractivity contribution >= 4 is 37.6 Å². The van der Waals surface area contributed by atoms with Gasteiger partial charge in [-0.15, -0.1) is 0 Å². The first-order valence-electron chi connectivity index (χ1n) is 5.19. The third-order valence-corrected chi connectivity index (χ3v) is 5.16. The number of carboxylic acid groups (broad SMARTS) is 1. The zero-order valence-electron chi connectivity index (χ0n) is 10.0. The standard InChI is InChI=1S/C11H12BrNO5S/c1-6-8(12)4-7(11(15)16)5-9(6)19(17,18)3-2-10(13)14/h4-5H,2-3H2,1H3,(H2,13,14)(H,15,16). The molecule has 0 saturated heterocycles. The number of carboxylic acids is 1. The summed E-state index contributed by atoms with van der Waals surface area (Å²) in [7, 11) is -3.76. The number of aromatic carboxylic acids is 1. The maximum absolute atomic E-state index is 12.1. The van der Waals surface area contributed by atoms with Crippen molar-refractivity contribution in [2.75, 3.05) is 5.75 Å². The largest absolute Gasteiger partial charge is 0.478 e. The Morgan fingerprint density at radius 1 is 1.37 bits per heavy atom. The second-order valence-electron chi connectivity index (χ2n) is 3.92. The van der Waals surface area contributed by atoms with Crippen LogP contribution in [0.25, 0.3) is 0 Å². The number of hydrogen-bond donors (Lipinski definition) is 2. The van der Waals surface area contributed by atoms with E-state index < -0.39 is 27.5 Å². The fourth-order valence-corrected chi connectivity index (χ4v) is 3.61. The molecule has 1 aromatic rings. The van der Waals surface area contributed by atoms with Crippen molar-refractivity contribution in [3.8, 4) is 0 Å². The van der Waals surface area contributed by atoms with Gasteiger partial charge in [-0.25, -0.2) is 13.2 Å². The quantitative estimate of drug-likeness (QED) is 0.825. The van der Waals surface area contributed by atoms with E-state index in [-0.39, 0.29) is 16.9 Å². The lowest BCUT2D eigenvalue weighted by atomic mass is 10.1. The molecule has 0 spiro atoms. The molecule has 104 valence electrons. The third kappa shape index (κ3) is 3.77. The predicted molar refractivity (Wildman–Crippen MR) is 71.7 cm³/mol. The van der Waals surface area contributed by atoms with Crippen molar-refractivity contribution in [1.29, 1.82) is 0 Å². The highest BCUT2D eigenvalue weighted by Gasteiger charge is 2.21. The first kappa shape index (κ1) is 15.6. The molecule has 0 aliphatic heterocycles. The topological polar surface area (TPSA) is 115 Å². The summed E-state index contributed by atoms with van der Waals surface area (Å²) in [4.78, 5) is 21.5. The maximum Gasteiger partial charge on any atom is 0.335 e. The van der Waals surface area contributed by atoms with E-state index in [1.54, 1.807) is 6.92 Å². The average molecular weight is 350 g/mol. The van der Waals surface area contributed by atoms with Gasteiger partial charge in [-0.2, -0.15) is 0 Å². The molecule has 0 aliphatic rings. The van der Waals surface area contributed by atoms with Crippen LogP contribution in [0.3, 0.4) is 0 Å². The summed E-state index contributed by atoms with van der Waals surface area (Å²) in [6.07, 6.45) is -0.309. The molecule has 0 radical (unpaired) electrons. The summed E-state index contributed by atoms with van der Waals surface area (Å²) < 4.78 is 24.5. The van der Waals surface area contributed by atoms with Gasteiger partial charge in [-0.3, -0.25) is 4.79 Å². The van der Waals surface area contributed by atoms with Gasteiger partial charge in [0.15, 0.2) is 9.84 Å². The lowest BCUT2D eigenvalue weighted by Crippen LogP contribution is -2.18. The van der Waals surface area contributed by atoms with Crippen LogP contribution in [0.15, 0.2) is 21.5 Å². The molecule has 0 bridgehead atoms. The number of amides is 1. The van der Waals surface area contributed by atoms with Crippen molar-refractivity contribution < 1.29 is 23.1 Å². The SMILES string of the molecule is Cc1c(Br)cc(C(=O)O)cc1S(=O)(=O)CCC(N)=O. The van der Waals surface area contributed by atoms with Crippen molar-refractivity contribution in [3.63, 3.8) is 0 Å². The van der Waals surface area contributed by atoms with Crippen LogP contribution >= 0.6 is 15.9 Å². The Labute approximate surface area is 118 Å². The molecule has 3 N–H and O–H groups in total. The Morgan fingerprint density at radius 3 is 2.42 bits per heavy atom. The molecule has 0 heterocycles. The van der Waals surface area contributed by atoms with Crippen molar-refractivity contribution in [1.82, 2.24) is 0 Å². The summed E-state index contributed by atoms with van der Waals surface area (Å²) in [5, 5.41) is 8.92. The molecule has 1 aromatic carbocycles. The number of primary amides is 1. The van der Waals surface area contributed by atoms with Gasteiger partial charge in [0.2, 0.25) is 5.91 Å². The molecule has 19 heavy (non-hydrogen) atoms. The molecule has 0 atom stereocenters. The minimum absolute atomic E-state index is 0.111. The summed E-state index contributed by atoms with van der Waals surface area (Å²) in [6, 6.07) is 2.41. The lowest BCUT2D eigenvalue weighted by molar-refractivity contribution is -0.117. The number of sulfone groups is 1. The zero-order chi connectivity index (χ0) is 14.8. The van der Waals surface area contributed by atoms with Gasteiger partial charge in [-0.05, 0) is 24.6 Å². The number of hydrogen-bond acceptors (Lipinski definition) is 4. The van der Waals surface area contributed by atoms with E-state index in [4.69, 9.17) is 10.8 Å². The van der Waals surface area contributed by atoms with Crippen LogP contribution in [0, 0.1) is 6.92 Å². The number of carbonyl (C=O) groups excluding carboxylic acids is 1. The number of halogens is 1. The van der Waals surface area contributed by atoms with E-state index in [1.807, 2.05) is 0 Å².